The standard InChI is InChI=1S/C13H12BrCl2NO2S/c1-7(18)20-6-8-2-12(19)17(5-8)13-10(14)3-9(15)4-11(13)16/h3-4,8H,2,5-6H2,1H3. The molecular weight excluding hydrogens is 385 g/mol. The highest BCUT2D eigenvalue weighted by atomic mass is 79.9. The van der Waals surface area contributed by atoms with Gasteiger partial charge in [-0.25, -0.2) is 0 Å². The van der Waals surface area contributed by atoms with Gasteiger partial charge in [-0.3, -0.25) is 9.59 Å². The van der Waals surface area contributed by atoms with Crippen LogP contribution in [0.2, 0.25) is 10.0 Å². The minimum absolute atomic E-state index is 0.0177. The largest absolute Gasteiger partial charge is 0.310 e. The van der Waals surface area contributed by atoms with Crippen LogP contribution in [-0.2, 0) is 9.59 Å². The number of nitrogens with zero attached hydrogens (tertiary/aromatic N) is 1. The normalized spacial score (nSPS) is 18.7. The number of hydrogen-bond donors (Lipinski definition) is 0. The van der Waals surface area contributed by atoms with Gasteiger partial charge in [0.1, 0.15) is 0 Å². The highest BCUT2D eigenvalue weighted by Gasteiger charge is 2.33. The molecule has 1 heterocycles. The van der Waals surface area contributed by atoms with Crippen LogP contribution in [0.3, 0.4) is 0 Å². The third-order valence-corrected chi connectivity index (χ3v) is 5.13. The van der Waals surface area contributed by atoms with Crippen LogP contribution in [0.4, 0.5) is 5.69 Å². The van der Waals surface area contributed by atoms with Gasteiger partial charge in [-0.2, -0.15) is 0 Å². The number of carbonyl (C=O) groups is 2. The summed E-state index contributed by atoms with van der Waals surface area (Å²) in [6, 6.07) is 3.34. The van der Waals surface area contributed by atoms with Crippen molar-refractivity contribution in [3.63, 3.8) is 0 Å². The van der Waals surface area contributed by atoms with Gasteiger partial charge in [0.25, 0.3) is 0 Å². The van der Waals surface area contributed by atoms with Crippen LogP contribution in [-0.4, -0.2) is 23.3 Å². The maximum atomic E-state index is 12.1. The van der Waals surface area contributed by atoms with Crippen LogP contribution in [0.1, 0.15) is 13.3 Å². The summed E-state index contributed by atoms with van der Waals surface area (Å²) in [6.45, 7) is 2.10. The number of halogens is 3. The summed E-state index contributed by atoms with van der Waals surface area (Å²) in [4.78, 5) is 24.8. The lowest BCUT2D eigenvalue weighted by Gasteiger charge is -2.20. The summed E-state index contributed by atoms with van der Waals surface area (Å²) < 4.78 is 0.697. The smallest absolute Gasteiger partial charge is 0.227 e. The van der Waals surface area contributed by atoms with Crippen LogP contribution in [0.25, 0.3) is 0 Å². The van der Waals surface area contributed by atoms with E-state index in [9.17, 15) is 9.59 Å². The zero-order valence-electron chi connectivity index (χ0n) is 10.7. The highest BCUT2D eigenvalue weighted by Crippen LogP contribution is 2.39. The van der Waals surface area contributed by atoms with Gasteiger partial charge in [-0.1, -0.05) is 35.0 Å². The molecule has 1 saturated heterocycles. The van der Waals surface area contributed by atoms with E-state index in [-0.39, 0.29) is 16.9 Å². The van der Waals surface area contributed by atoms with Crippen LogP contribution >= 0.6 is 50.9 Å². The van der Waals surface area contributed by atoms with Crippen LogP contribution in [0, 0.1) is 5.92 Å². The highest BCUT2D eigenvalue weighted by molar-refractivity contribution is 9.10. The Bertz CT molecular complexity index is 544. The first-order valence-corrected chi connectivity index (χ1v) is 8.50. The van der Waals surface area contributed by atoms with Gasteiger partial charge in [0.2, 0.25) is 5.91 Å². The lowest BCUT2D eigenvalue weighted by molar-refractivity contribution is -0.117. The first-order valence-electron chi connectivity index (χ1n) is 5.96. The van der Waals surface area contributed by atoms with Gasteiger partial charge in [0, 0.05) is 35.1 Å². The maximum Gasteiger partial charge on any atom is 0.227 e. The van der Waals surface area contributed by atoms with E-state index >= 15 is 0 Å². The van der Waals surface area contributed by atoms with E-state index in [0.29, 0.717) is 38.9 Å². The minimum atomic E-state index is 0.0177. The third kappa shape index (κ3) is 3.70. The molecular formula is C13H12BrCl2NO2S. The van der Waals surface area contributed by atoms with Crippen LogP contribution in [0.5, 0.6) is 0 Å². The SMILES string of the molecule is CC(=O)SCC1CC(=O)N(c2c(Cl)cc(Cl)cc2Br)C1. The van der Waals surface area contributed by atoms with Gasteiger partial charge in [0.05, 0.1) is 10.7 Å². The fraction of sp³-hybridized carbons (Fsp3) is 0.385. The Hall–Kier alpha value is -0.230. The molecule has 0 radical (unpaired) electrons. The second-order valence-corrected chi connectivity index (χ2v) is 7.49. The van der Waals surface area contributed by atoms with Crippen molar-refractivity contribution >= 4 is 67.6 Å². The monoisotopic (exact) mass is 395 g/mol. The molecule has 20 heavy (non-hydrogen) atoms. The average molecular weight is 397 g/mol. The van der Waals surface area contributed by atoms with E-state index in [0.717, 1.165) is 0 Å². The Morgan fingerprint density at radius 2 is 2.20 bits per heavy atom. The third-order valence-electron chi connectivity index (χ3n) is 2.98. The van der Waals surface area contributed by atoms with E-state index in [2.05, 4.69) is 15.9 Å². The minimum Gasteiger partial charge on any atom is -0.310 e. The van der Waals surface area contributed by atoms with E-state index < -0.39 is 0 Å². The fourth-order valence-electron chi connectivity index (χ4n) is 2.14. The number of anilines is 1. The molecule has 0 bridgehead atoms. The Balaban J connectivity index is 2.18. The molecule has 0 aromatic heterocycles. The van der Waals surface area contributed by atoms with Gasteiger partial charge >= 0.3 is 0 Å². The molecule has 2 rings (SSSR count). The Labute approximate surface area is 140 Å². The van der Waals surface area contributed by atoms with Crippen molar-refractivity contribution in [1.82, 2.24) is 0 Å². The lowest BCUT2D eigenvalue weighted by atomic mass is 10.1. The van der Waals surface area contributed by atoms with Gasteiger partial charge < -0.3 is 4.90 Å². The predicted octanol–water partition coefficient (Wildman–Crippen LogP) is 4.39. The predicted molar refractivity (Wildman–Crippen MR) is 87.8 cm³/mol. The first kappa shape index (κ1) is 16.1. The van der Waals surface area contributed by atoms with Gasteiger partial charge in [-0.15, -0.1) is 0 Å². The summed E-state index contributed by atoms with van der Waals surface area (Å²) in [6.07, 6.45) is 0.436. The summed E-state index contributed by atoms with van der Waals surface area (Å²) in [7, 11) is 0. The van der Waals surface area contributed by atoms with Crippen molar-refractivity contribution in [1.29, 1.82) is 0 Å². The topological polar surface area (TPSA) is 37.4 Å². The fourth-order valence-corrected chi connectivity index (χ4v) is 4.35. The molecule has 1 amide bonds. The molecule has 1 aliphatic heterocycles. The van der Waals surface area contributed by atoms with E-state index in [4.69, 9.17) is 23.2 Å². The molecule has 1 atom stereocenters. The Kier molecular flexibility index (Phi) is 5.40. The molecule has 1 aliphatic rings. The van der Waals surface area contributed by atoms with Gasteiger partial charge in [-0.05, 0) is 34.0 Å². The van der Waals surface area contributed by atoms with E-state index in [1.54, 1.807) is 17.0 Å². The number of rotatable bonds is 3. The molecule has 0 saturated carbocycles. The van der Waals surface area contributed by atoms with Crippen LogP contribution in [0.15, 0.2) is 16.6 Å². The molecule has 3 nitrogen and oxygen atoms in total. The van der Waals surface area contributed by atoms with Crippen molar-refractivity contribution in [3.8, 4) is 0 Å². The summed E-state index contributed by atoms with van der Waals surface area (Å²) >= 11 is 16.8. The van der Waals surface area contributed by atoms with Crippen molar-refractivity contribution < 1.29 is 9.59 Å². The molecule has 1 fully saturated rings. The van der Waals surface area contributed by atoms with Gasteiger partial charge in [0.15, 0.2) is 5.12 Å². The zero-order chi connectivity index (χ0) is 14.9. The maximum absolute atomic E-state index is 12.1. The van der Waals surface area contributed by atoms with Crippen molar-refractivity contribution in [3.05, 3.63) is 26.7 Å². The van der Waals surface area contributed by atoms with E-state index in [1.807, 2.05) is 0 Å². The zero-order valence-corrected chi connectivity index (χ0v) is 14.6. The molecule has 7 heteroatoms. The second-order valence-electron chi connectivity index (χ2n) is 4.60. The van der Waals surface area contributed by atoms with E-state index in [1.165, 1.54) is 18.7 Å². The summed E-state index contributed by atoms with van der Waals surface area (Å²) in [5.74, 6) is 0.833. The Morgan fingerprint density at radius 3 is 2.80 bits per heavy atom. The lowest BCUT2D eigenvalue weighted by Crippen LogP contribution is -2.25. The quantitative estimate of drug-likeness (QED) is 0.760. The van der Waals surface area contributed by atoms with Crippen LogP contribution < -0.4 is 4.90 Å². The second kappa shape index (κ2) is 6.69. The van der Waals surface area contributed by atoms with Crippen molar-refractivity contribution in [2.75, 3.05) is 17.2 Å². The first-order chi connectivity index (χ1) is 9.38. The van der Waals surface area contributed by atoms with Crippen molar-refractivity contribution in [2.24, 2.45) is 5.92 Å². The number of carbonyl (C=O) groups excluding carboxylic acids is 2. The molecule has 1 unspecified atom stereocenters. The summed E-state index contributed by atoms with van der Waals surface area (Å²) in [5, 5.41) is 1.03. The molecule has 0 spiro atoms. The molecule has 1 aromatic rings. The number of hydrogen-bond acceptors (Lipinski definition) is 3. The van der Waals surface area contributed by atoms with Crippen molar-refractivity contribution in [2.45, 2.75) is 13.3 Å². The summed E-state index contributed by atoms with van der Waals surface area (Å²) in [5.41, 5.74) is 0.649. The number of thioether (sulfide) groups is 1. The number of benzene rings is 1. The molecule has 1 aromatic carbocycles. The Morgan fingerprint density at radius 1 is 1.50 bits per heavy atom. The molecule has 0 aliphatic carbocycles. The molecule has 108 valence electrons. The number of amides is 1. The molecule has 0 N–H and O–H groups in total. The average Bonchev–Trinajstić information content (AvgIpc) is 2.67.